The Bertz CT molecular complexity index is 1120. The summed E-state index contributed by atoms with van der Waals surface area (Å²) >= 11 is 0. The lowest BCUT2D eigenvalue weighted by Crippen LogP contribution is -2.23. The van der Waals surface area contributed by atoms with Crippen LogP contribution in [-0.2, 0) is 4.79 Å². The Labute approximate surface area is 183 Å². The molecule has 4 aromatic rings. The molecule has 0 amide bonds. The van der Waals surface area contributed by atoms with E-state index < -0.39 is 19.9 Å². The zero-order valence-electron chi connectivity index (χ0n) is 16.9. The van der Waals surface area contributed by atoms with Gasteiger partial charge in [-0.15, -0.1) is 0 Å². The predicted octanol–water partition coefficient (Wildman–Crippen LogP) is 4.69. The molecule has 0 bridgehead atoms. The molecular formula is C27H22NO2P. The zero-order chi connectivity index (χ0) is 21.5. The fraction of sp³-hybridized carbons (Fsp3) is 0.0370. The second-order valence-corrected chi connectivity index (χ2v) is 9.18. The number of rotatable bonds is 7. The van der Waals surface area contributed by atoms with E-state index in [1.807, 2.05) is 48.5 Å². The maximum Gasteiger partial charge on any atom is 0.333 e. The normalized spacial score (nSPS) is 12.2. The van der Waals surface area contributed by atoms with Gasteiger partial charge in [-0.25, -0.2) is 4.79 Å². The molecule has 0 aliphatic heterocycles. The molecule has 0 spiro atoms. The smallest absolute Gasteiger partial charge is 0.333 e. The van der Waals surface area contributed by atoms with Gasteiger partial charge >= 0.3 is 5.97 Å². The molecule has 0 aliphatic rings. The molecule has 31 heavy (non-hydrogen) atoms. The number of benzene rings is 4. The highest BCUT2D eigenvalue weighted by Crippen LogP contribution is 2.33. The van der Waals surface area contributed by atoms with Crippen molar-refractivity contribution in [2.45, 2.75) is 6.04 Å². The molecule has 4 rings (SSSR count). The van der Waals surface area contributed by atoms with Crippen LogP contribution in [0.3, 0.4) is 0 Å². The zero-order valence-corrected chi connectivity index (χ0v) is 17.8. The lowest BCUT2D eigenvalue weighted by Gasteiger charge is -2.21. The molecule has 0 radical (unpaired) electrons. The van der Waals surface area contributed by atoms with Gasteiger partial charge < -0.3 is 5.11 Å². The van der Waals surface area contributed by atoms with Crippen LogP contribution in [0.25, 0.3) is 0 Å². The molecule has 0 heterocycles. The van der Waals surface area contributed by atoms with Crippen molar-refractivity contribution >= 4 is 36.0 Å². The van der Waals surface area contributed by atoms with Crippen LogP contribution in [0.1, 0.15) is 17.2 Å². The van der Waals surface area contributed by atoms with E-state index in [4.69, 9.17) is 0 Å². The third-order valence-corrected chi connectivity index (χ3v) is 7.44. The Hall–Kier alpha value is -3.55. The quantitative estimate of drug-likeness (QED) is 0.346. The number of carboxylic acids is 1. The highest BCUT2D eigenvalue weighted by atomic mass is 31.1. The van der Waals surface area contributed by atoms with Crippen LogP contribution in [0.2, 0.25) is 0 Å². The van der Waals surface area contributed by atoms with Gasteiger partial charge in [0.1, 0.15) is 0 Å². The van der Waals surface area contributed by atoms with Crippen molar-refractivity contribution in [3.8, 4) is 0 Å². The fourth-order valence-corrected chi connectivity index (χ4v) is 5.88. The minimum atomic E-state index is -0.965. The summed E-state index contributed by atoms with van der Waals surface area (Å²) in [6.45, 7) is 0. The summed E-state index contributed by atoms with van der Waals surface area (Å²) in [4.78, 5) is 16.4. The molecule has 0 saturated heterocycles. The van der Waals surface area contributed by atoms with E-state index in [2.05, 4.69) is 59.6 Å². The van der Waals surface area contributed by atoms with E-state index in [0.29, 0.717) is 5.56 Å². The second-order valence-electron chi connectivity index (χ2n) is 6.99. The summed E-state index contributed by atoms with van der Waals surface area (Å²) < 4.78 is 0. The summed E-state index contributed by atoms with van der Waals surface area (Å²) in [5, 5.41) is 13.4. The van der Waals surface area contributed by atoms with Crippen LogP contribution in [0, 0.1) is 0 Å². The summed E-state index contributed by atoms with van der Waals surface area (Å²) in [6, 6.07) is 37.2. The molecule has 152 valence electrons. The number of aliphatic imine (C=N–C) groups is 1. The Morgan fingerprint density at radius 1 is 0.710 bits per heavy atom. The summed E-state index contributed by atoms with van der Waals surface area (Å²) in [5.41, 5.74) is 1.60. The lowest BCUT2D eigenvalue weighted by atomic mass is 10.1. The average Bonchev–Trinajstić information content (AvgIpc) is 2.82. The largest absolute Gasteiger partial charge is 0.479 e. The number of hydrogen-bond acceptors (Lipinski definition) is 2. The molecule has 0 unspecified atom stereocenters. The number of aliphatic carboxylic acids is 1. The predicted molar refractivity (Wildman–Crippen MR) is 130 cm³/mol. The Balaban J connectivity index is 1.78. The minimum Gasteiger partial charge on any atom is -0.479 e. The molecule has 0 saturated carbocycles. The van der Waals surface area contributed by atoms with E-state index in [0.717, 1.165) is 10.9 Å². The standard InChI is InChI=1S/C27H22NO2P/c29-27(30)26(21-12-4-1-5-13-21)28-20-22-14-10-11-19-25(22)31(23-15-6-2-7-16-23)24-17-8-3-9-18-24/h1-20,26H,(H,29,30)/t26-/m0/s1. The van der Waals surface area contributed by atoms with Crippen molar-refractivity contribution in [3.63, 3.8) is 0 Å². The van der Waals surface area contributed by atoms with Gasteiger partial charge in [0.25, 0.3) is 0 Å². The number of hydrogen-bond donors (Lipinski definition) is 1. The van der Waals surface area contributed by atoms with Crippen molar-refractivity contribution in [1.29, 1.82) is 0 Å². The van der Waals surface area contributed by atoms with Gasteiger partial charge in [0.05, 0.1) is 0 Å². The van der Waals surface area contributed by atoms with Crippen LogP contribution in [0.4, 0.5) is 0 Å². The van der Waals surface area contributed by atoms with Crippen LogP contribution in [0.15, 0.2) is 120 Å². The lowest BCUT2D eigenvalue weighted by molar-refractivity contribution is -0.138. The van der Waals surface area contributed by atoms with E-state index in [9.17, 15) is 9.90 Å². The molecule has 4 heteroatoms. The monoisotopic (exact) mass is 423 g/mol. The van der Waals surface area contributed by atoms with E-state index in [-0.39, 0.29) is 0 Å². The van der Waals surface area contributed by atoms with E-state index in [1.165, 1.54) is 10.6 Å². The first-order chi connectivity index (χ1) is 15.2. The maximum absolute atomic E-state index is 11.9. The van der Waals surface area contributed by atoms with Crippen LogP contribution in [0.5, 0.6) is 0 Å². The van der Waals surface area contributed by atoms with Crippen molar-refractivity contribution in [2.75, 3.05) is 0 Å². The molecule has 1 atom stereocenters. The highest BCUT2D eigenvalue weighted by Gasteiger charge is 2.20. The van der Waals surface area contributed by atoms with Gasteiger partial charge in [0, 0.05) is 11.8 Å². The van der Waals surface area contributed by atoms with Crippen molar-refractivity contribution in [2.24, 2.45) is 4.99 Å². The third-order valence-electron chi connectivity index (χ3n) is 4.92. The summed E-state index contributed by atoms with van der Waals surface area (Å²) in [6.07, 6.45) is 1.71. The topological polar surface area (TPSA) is 49.7 Å². The average molecular weight is 423 g/mol. The first-order valence-electron chi connectivity index (χ1n) is 10.0. The number of nitrogens with zero attached hydrogens (tertiary/aromatic N) is 1. The molecule has 0 aromatic heterocycles. The van der Waals surface area contributed by atoms with E-state index in [1.54, 1.807) is 18.3 Å². The number of carboxylic acid groups (broad SMARTS) is 1. The fourth-order valence-electron chi connectivity index (χ4n) is 3.46. The van der Waals surface area contributed by atoms with Crippen LogP contribution >= 0.6 is 7.92 Å². The summed E-state index contributed by atoms with van der Waals surface area (Å²) in [5.74, 6) is -0.965. The SMILES string of the molecule is O=C(O)[C@@H](N=Cc1ccccc1P(c1ccccc1)c1ccccc1)c1ccccc1. The molecule has 1 N–H and O–H groups in total. The molecule has 0 fully saturated rings. The van der Waals surface area contributed by atoms with Gasteiger partial charge in [0.15, 0.2) is 6.04 Å². The summed E-state index contributed by atoms with van der Waals surface area (Å²) in [7, 11) is -0.806. The Morgan fingerprint density at radius 3 is 1.74 bits per heavy atom. The first-order valence-corrected chi connectivity index (χ1v) is 11.4. The first kappa shape index (κ1) is 20.7. The van der Waals surface area contributed by atoms with Crippen molar-refractivity contribution in [3.05, 3.63) is 126 Å². The van der Waals surface area contributed by atoms with Crippen molar-refractivity contribution < 1.29 is 9.90 Å². The highest BCUT2D eigenvalue weighted by molar-refractivity contribution is 7.80. The van der Waals surface area contributed by atoms with Crippen molar-refractivity contribution in [1.82, 2.24) is 0 Å². The minimum absolute atomic E-state index is 0.664. The Morgan fingerprint density at radius 2 is 1.19 bits per heavy atom. The van der Waals surface area contributed by atoms with Gasteiger partial charge in [-0.1, -0.05) is 115 Å². The van der Waals surface area contributed by atoms with Gasteiger partial charge in [-0.2, -0.15) is 0 Å². The molecule has 4 aromatic carbocycles. The molecule has 3 nitrogen and oxygen atoms in total. The molecular weight excluding hydrogens is 401 g/mol. The van der Waals surface area contributed by atoms with Crippen LogP contribution < -0.4 is 15.9 Å². The van der Waals surface area contributed by atoms with Crippen LogP contribution in [-0.4, -0.2) is 17.3 Å². The van der Waals surface area contributed by atoms with Gasteiger partial charge in [0.2, 0.25) is 0 Å². The maximum atomic E-state index is 11.9. The second kappa shape index (κ2) is 9.97. The Kier molecular flexibility index (Phi) is 6.66. The van der Waals surface area contributed by atoms with E-state index >= 15 is 0 Å². The number of carbonyl (C=O) groups is 1. The molecule has 0 aliphatic carbocycles. The third kappa shape index (κ3) is 4.96. The van der Waals surface area contributed by atoms with Gasteiger partial charge in [-0.3, -0.25) is 4.99 Å². The van der Waals surface area contributed by atoms with Gasteiger partial charge in [-0.05, 0) is 29.4 Å².